The zero-order valence-electron chi connectivity index (χ0n) is 34.1. The fraction of sp³-hybridized carbons (Fsp3) is 0.360. The lowest BCUT2D eigenvalue weighted by molar-refractivity contribution is 0.381. The molecule has 0 aromatic heterocycles. The maximum absolute atomic E-state index is 6.22. The molecule has 0 radical (unpaired) electrons. The first-order valence-electron chi connectivity index (χ1n) is 18.7. The van der Waals surface area contributed by atoms with Crippen LogP contribution in [0, 0.1) is 0 Å². The monoisotopic (exact) mass is 690 g/mol. The van der Waals surface area contributed by atoms with Crippen molar-refractivity contribution in [2.45, 2.75) is 105 Å². The maximum atomic E-state index is 6.22. The van der Waals surface area contributed by atoms with E-state index >= 15 is 0 Å². The second-order valence-corrected chi connectivity index (χ2v) is 18.7. The quantitative estimate of drug-likeness (QED) is 0.179. The Hall–Kier alpha value is -4.56. The standard InChI is InChI=1S/C50H58O2/c1-47(2,3)41-27-35(28-42(45(41)51-13)48(4,5)6)37-23-31-19-15-17-21-33(31)25-39(37)40-26-34-22-18-16-20-32(34)24-38(40)36-29-43(49(7,8)9)46(52-14)44(30-36)50(10,11)12/h15-30H,1-14H3. The minimum Gasteiger partial charge on any atom is -0.496 e. The first-order valence-corrected chi connectivity index (χ1v) is 18.7. The lowest BCUT2D eigenvalue weighted by Gasteiger charge is -2.31. The van der Waals surface area contributed by atoms with E-state index in [1.165, 1.54) is 77.2 Å². The van der Waals surface area contributed by atoms with E-state index in [0.29, 0.717) is 0 Å². The molecule has 0 heterocycles. The van der Waals surface area contributed by atoms with E-state index in [4.69, 9.17) is 9.47 Å². The number of rotatable bonds is 5. The van der Waals surface area contributed by atoms with Crippen LogP contribution in [-0.2, 0) is 21.7 Å². The Balaban J connectivity index is 1.79. The van der Waals surface area contributed by atoms with Crippen LogP contribution >= 0.6 is 0 Å². The third-order valence-corrected chi connectivity index (χ3v) is 10.5. The van der Waals surface area contributed by atoms with Gasteiger partial charge in [0.25, 0.3) is 0 Å². The van der Waals surface area contributed by atoms with Gasteiger partial charge in [0.2, 0.25) is 0 Å². The average molecular weight is 691 g/mol. The second-order valence-electron chi connectivity index (χ2n) is 18.7. The summed E-state index contributed by atoms with van der Waals surface area (Å²) in [5.41, 5.74) is 11.7. The fourth-order valence-electron chi connectivity index (χ4n) is 7.64. The van der Waals surface area contributed by atoms with Crippen LogP contribution in [0.25, 0.3) is 54.9 Å². The highest BCUT2D eigenvalue weighted by atomic mass is 16.5. The smallest absolute Gasteiger partial charge is 0.126 e. The van der Waals surface area contributed by atoms with Crippen molar-refractivity contribution in [3.05, 3.63) is 119 Å². The molecule has 2 heteroatoms. The second kappa shape index (κ2) is 13.1. The van der Waals surface area contributed by atoms with E-state index in [-0.39, 0.29) is 21.7 Å². The van der Waals surface area contributed by atoms with Crippen molar-refractivity contribution in [3.8, 4) is 44.9 Å². The molecule has 0 aliphatic carbocycles. The number of methoxy groups -OCH3 is 2. The van der Waals surface area contributed by atoms with E-state index in [1.807, 2.05) is 14.2 Å². The predicted molar refractivity (Wildman–Crippen MR) is 226 cm³/mol. The van der Waals surface area contributed by atoms with Crippen LogP contribution in [0.2, 0.25) is 0 Å². The van der Waals surface area contributed by atoms with Crippen LogP contribution in [0.3, 0.4) is 0 Å². The van der Waals surface area contributed by atoms with Crippen LogP contribution in [0.1, 0.15) is 105 Å². The molecular formula is C50H58O2. The highest BCUT2D eigenvalue weighted by molar-refractivity contribution is 6.04. The first-order chi connectivity index (χ1) is 24.2. The van der Waals surface area contributed by atoms with Crippen molar-refractivity contribution < 1.29 is 9.47 Å². The molecule has 6 aromatic carbocycles. The molecule has 0 unspecified atom stereocenters. The summed E-state index contributed by atoms with van der Waals surface area (Å²) in [6, 6.07) is 36.7. The van der Waals surface area contributed by atoms with Gasteiger partial charge in [0.15, 0.2) is 0 Å². The highest BCUT2D eigenvalue weighted by Gasteiger charge is 2.31. The van der Waals surface area contributed by atoms with Gasteiger partial charge in [0, 0.05) is 22.3 Å². The third-order valence-electron chi connectivity index (χ3n) is 10.5. The summed E-state index contributed by atoms with van der Waals surface area (Å²) in [6.07, 6.45) is 0. The SMILES string of the molecule is COc1c(C(C)(C)C)cc(-c2cc3ccccc3cc2-c2cc3ccccc3cc2-c2cc(C(C)(C)C)c(OC)c(C(C)(C)C)c2)cc1C(C)(C)C. The number of ether oxygens (including phenoxy) is 2. The highest BCUT2D eigenvalue weighted by Crippen LogP contribution is 2.49. The molecule has 270 valence electrons. The lowest BCUT2D eigenvalue weighted by atomic mass is 9.76. The molecule has 0 spiro atoms. The number of hydrogen-bond donors (Lipinski definition) is 0. The molecule has 0 fully saturated rings. The average Bonchev–Trinajstić information content (AvgIpc) is 3.07. The first kappa shape index (κ1) is 37.2. The Morgan fingerprint density at radius 2 is 0.558 bits per heavy atom. The normalized spacial score (nSPS) is 12.8. The third kappa shape index (κ3) is 6.97. The molecule has 0 saturated heterocycles. The fourth-order valence-corrected chi connectivity index (χ4v) is 7.64. The lowest BCUT2D eigenvalue weighted by Crippen LogP contribution is -2.19. The zero-order valence-corrected chi connectivity index (χ0v) is 34.1. The molecule has 0 aliphatic heterocycles. The van der Waals surface area contributed by atoms with Crippen LogP contribution in [0.5, 0.6) is 11.5 Å². The van der Waals surface area contributed by atoms with Crippen LogP contribution < -0.4 is 9.47 Å². The molecule has 52 heavy (non-hydrogen) atoms. The minimum absolute atomic E-state index is 0.123. The van der Waals surface area contributed by atoms with Gasteiger partial charge >= 0.3 is 0 Å². The van der Waals surface area contributed by atoms with Crippen molar-refractivity contribution in [1.82, 2.24) is 0 Å². The molecule has 0 aliphatic rings. The van der Waals surface area contributed by atoms with Gasteiger partial charge in [0.1, 0.15) is 11.5 Å². The summed E-state index contributed by atoms with van der Waals surface area (Å²) >= 11 is 0. The molecule has 0 amide bonds. The Morgan fingerprint density at radius 3 is 0.769 bits per heavy atom. The summed E-state index contributed by atoms with van der Waals surface area (Å²) in [6.45, 7) is 27.4. The van der Waals surface area contributed by atoms with Gasteiger partial charge in [0.05, 0.1) is 14.2 Å². The Morgan fingerprint density at radius 1 is 0.327 bits per heavy atom. The van der Waals surface area contributed by atoms with E-state index in [2.05, 4.69) is 180 Å². The van der Waals surface area contributed by atoms with Gasteiger partial charge in [-0.1, -0.05) is 132 Å². The zero-order chi connectivity index (χ0) is 38.0. The van der Waals surface area contributed by atoms with Gasteiger partial charge in [-0.05, 0) is 125 Å². The Bertz CT molecular complexity index is 2060. The summed E-state index contributed by atoms with van der Waals surface area (Å²) in [5.74, 6) is 1.97. The van der Waals surface area contributed by atoms with Crippen LogP contribution in [0.15, 0.2) is 97.1 Å². The maximum Gasteiger partial charge on any atom is 0.126 e. The summed E-state index contributed by atoms with van der Waals surface area (Å²) in [5, 5.41) is 4.90. The van der Waals surface area contributed by atoms with Gasteiger partial charge in [-0.15, -0.1) is 0 Å². The predicted octanol–water partition coefficient (Wildman–Crippen LogP) is 14.2. The molecule has 2 nitrogen and oxygen atoms in total. The Labute approximate surface area is 313 Å². The van der Waals surface area contributed by atoms with Crippen molar-refractivity contribution in [3.63, 3.8) is 0 Å². The largest absolute Gasteiger partial charge is 0.496 e. The van der Waals surface area contributed by atoms with E-state index < -0.39 is 0 Å². The molecule has 6 aromatic rings. The van der Waals surface area contributed by atoms with Gasteiger partial charge in [-0.25, -0.2) is 0 Å². The van der Waals surface area contributed by atoms with Crippen LogP contribution in [0.4, 0.5) is 0 Å². The topological polar surface area (TPSA) is 18.5 Å². The molecular weight excluding hydrogens is 633 g/mol. The van der Waals surface area contributed by atoms with Crippen molar-refractivity contribution in [2.75, 3.05) is 14.2 Å². The van der Waals surface area contributed by atoms with Gasteiger partial charge < -0.3 is 9.47 Å². The summed E-state index contributed by atoms with van der Waals surface area (Å²) in [7, 11) is 3.63. The molecule has 0 N–H and O–H groups in total. The van der Waals surface area contributed by atoms with Crippen molar-refractivity contribution in [1.29, 1.82) is 0 Å². The van der Waals surface area contributed by atoms with E-state index in [0.717, 1.165) is 11.5 Å². The number of benzene rings is 6. The van der Waals surface area contributed by atoms with E-state index in [9.17, 15) is 0 Å². The van der Waals surface area contributed by atoms with Crippen LogP contribution in [-0.4, -0.2) is 14.2 Å². The van der Waals surface area contributed by atoms with Crippen molar-refractivity contribution >= 4 is 21.5 Å². The molecule has 0 saturated carbocycles. The molecule has 6 rings (SSSR count). The summed E-state index contributed by atoms with van der Waals surface area (Å²) in [4.78, 5) is 0. The molecule has 0 bridgehead atoms. The van der Waals surface area contributed by atoms with E-state index in [1.54, 1.807) is 0 Å². The number of fused-ring (bicyclic) bond motifs is 2. The number of hydrogen-bond acceptors (Lipinski definition) is 2. The minimum atomic E-state index is -0.123. The Kier molecular flexibility index (Phi) is 9.40. The summed E-state index contributed by atoms with van der Waals surface area (Å²) < 4.78 is 12.4. The van der Waals surface area contributed by atoms with Crippen molar-refractivity contribution in [2.24, 2.45) is 0 Å². The molecule has 0 atom stereocenters. The van der Waals surface area contributed by atoms with Gasteiger partial charge in [-0.3, -0.25) is 0 Å². The van der Waals surface area contributed by atoms with Gasteiger partial charge in [-0.2, -0.15) is 0 Å².